The van der Waals surface area contributed by atoms with Gasteiger partial charge in [-0.3, -0.25) is 0 Å². The highest BCUT2D eigenvalue weighted by Gasteiger charge is 2.29. The molecule has 0 heterocycles. The van der Waals surface area contributed by atoms with Crippen molar-refractivity contribution in [3.05, 3.63) is 24.3 Å². The zero-order valence-corrected chi connectivity index (χ0v) is 13.1. The van der Waals surface area contributed by atoms with E-state index in [1.54, 1.807) is 6.92 Å². The molecule has 1 atom stereocenters. The van der Waals surface area contributed by atoms with Crippen LogP contribution in [0.5, 0.6) is 0 Å². The van der Waals surface area contributed by atoms with Crippen molar-refractivity contribution in [2.45, 2.75) is 31.8 Å². The third-order valence-corrected chi connectivity index (χ3v) is 3.18. The maximum atomic E-state index is 11.4. The first-order chi connectivity index (χ1) is 9.80. The highest BCUT2D eigenvalue weighted by molar-refractivity contribution is 5.87. The van der Waals surface area contributed by atoms with Crippen molar-refractivity contribution in [1.29, 1.82) is 0 Å². The van der Waals surface area contributed by atoms with Gasteiger partial charge in [0.2, 0.25) is 0 Å². The Bertz CT molecular complexity index is 398. The van der Waals surface area contributed by atoms with Crippen molar-refractivity contribution in [2.75, 3.05) is 27.2 Å². The number of carbonyl (C=O) groups excluding carboxylic acids is 1. The lowest BCUT2D eigenvalue weighted by Gasteiger charge is -2.28. The molecule has 0 aliphatic carbocycles. The zero-order valence-electron chi connectivity index (χ0n) is 13.1. The molecule has 0 aromatic heterocycles. The number of hydrogen-bond acceptors (Lipinski definition) is 5. The van der Waals surface area contributed by atoms with E-state index in [0.717, 1.165) is 12.6 Å². The average Bonchev–Trinajstić information content (AvgIpc) is 2.44. The van der Waals surface area contributed by atoms with Gasteiger partial charge in [0.15, 0.2) is 0 Å². The van der Waals surface area contributed by atoms with E-state index >= 15 is 0 Å². The number of ether oxygens (including phenoxy) is 1. The molecule has 0 rings (SSSR count). The lowest BCUT2D eigenvalue weighted by molar-refractivity contribution is -0.149. The third kappa shape index (κ3) is 7.06. The second-order valence-corrected chi connectivity index (χ2v) is 5.13. The lowest BCUT2D eigenvalue weighted by Crippen LogP contribution is -2.40. The summed E-state index contributed by atoms with van der Waals surface area (Å²) in [5.41, 5.74) is 4.80. The van der Waals surface area contributed by atoms with Gasteiger partial charge in [0.25, 0.3) is 0 Å². The largest absolute Gasteiger partial charge is 0.478 e. The molecule has 120 valence electrons. The van der Waals surface area contributed by atoms with E-state index in [0.29, 0.717) is 19.3 Å². The fraction of sp³-hybridized carbons (Fsp3) is 0.600. The fourth-order valence-electron chi connectivity index (χ4n) is 1.83. The minimum absolute atomic E-state index is 0.0214. The van der Waals surface area contributed by atoms with E-state index in [9.17, 15) is 14.7 Å². The molecule has 0 aromatic carbocycles. The predicted molar refractivity (Wildman–Crippen MR) is 81.9 cm³/mol. The lowest BCUT2D eigenvalue weighted by atomic mass is 9.95. The summed E-state index contributed by atoms with van der Waals surface area (Å²) in [6.07, 6.45) is 3.99. The van der Waals surface area contributed by atoms with Crippen molar-refractivity contribution in [3.63, 3.8) is 0 Å². The van der Waals surface area contributed by atoms with Crippen LogP contribution in [-0.2, 0) is 14.3 Å². The van der Waals surface area contributed by atoms with E-state index < -0.39 is 17.5 Å². The van der Waals surface area contributed by atoms with Crippen LogP contribution < -0.4 is 5.73 Å². The molecule has 0 aromatic rings. The number of nitrogens with two attached hydrogens (primary N) is 1. The molecule has 0 bridgehead atoms. The standard InChI is InChI=1S/C15H26N2O4/c1-5-13(18)21-15(6-2,11-16)10-12(14(19)20)8-7-9-17(3)4/h5,10H,1,6-9,11,16H2,2-4H3,(H,19,20). The molecule has 0 saturated heterocycles. The van der Waals surface area contributed by atoms with Gasteiger partial charge in [0.1, 0.15) is 5.60 Å². The Morgan fingerprint density at radius 3 is 2.43 bits per heavy atom. The maximum absolute atomic E-state index is 11.4. The van der Waals surface area contributed by atoms with Crippen LogP contribution in [0.15, 0.2) is 24.3 Å². The van der Waals surface area contributed by atoms with Crippen LogP contribution in [0.1, 0.15) is 26.2 Å². The van der Waals surface area contributed by atoms with Crippen molar-refractivity contribution >= 4 is 11.9 Å². The first kappa shape index (κ1) is 19.3. The smallest absolute Gasteiger partial charge is 0.331 e. The van der Waals surface area contributed by atoms with Gasteiger partial charge in [0.05, 0.1) is 0 Å². The Balaban J connectivity index is 5.18. The molecule has 21 heavy (non-hydrogen) atoms. The topological polar surface area (TPSA) is 92.9 Å². The SMILES string of the molecule is C=CC(=O)OC(C=C(CCCN(C)C)C(=O)O)(CC)CN. The first-order valence-corrected chi connectivity index (χ1v) is 6.95. The van der Waals surface area contributed by atoms with Crippen molar-refractivity contribution < 1.29 is 19.4 Å². The Morgan fingerprint density at radius 2 is 2.05 bits per heavy atom. The van der Waals surface area contributed by atoms with E-state index in [4.69, 9.17) is 10.5 Å². The highest BCUT2D eigenvalue weighted by atomic mass is 16.6. The number of aliphatic carboxylic acids is 1. The zero-order chi connectivity index (χ0) is 16.5. The number of nitrogens with zero attached hydrogens (tertiary/aromatic N) is 1. The molecule has 6 heteroatoms. The third-order valence-electron chi connectivity index (χ3n) is 3.18. The molecule has 0 saturated carbocycles. The van der Waals surface area contributed by atoms with Gasteiger partial charge in [-0.15, -0.1) is 0 Å². The van der Waals surface area contributed by atoms with Crippen LogP contribution in [0, 0.1) is 0 Å². The fourth-order valence-corrected chi connectivity index (χ4v) is 1.83. The van der Waals surface area contributed by atoms with Crippen LogP contribution in [0.25, 0.3) is 0 Å². The molecule has 1 unspecified atom stereocenters. The van der Waals surface area contributed by atoms with Gasteiger partial charge < -0.3 is 20.5 Å². The molecule has 0 radical (unpaired) electrons. The molecule has 0 amide bonds. The summed E-state index contributed by atoms with van der Waals surface area (Å²) in [6.45, 7) is 5.93. The summed E-state index contributed by atoms with van der Waals surface area (Å²) in [7, 11) is 3.85. The second kappa shape index (κ2) is 9.31. The number of carboxylic acid groups (broad SMARTS) is 1. The van der Waals surface area contributed by atoms with Gasteiger partial charge in [-0.1, -0.05) is 13.5 Å². The Labute approximate surface area is 126 Å². The van der Waals surface area contributed by atoms with Crippen molar-refractivity contribution in [2.24, 2.45) is 5.73 Å². The van der Waals surface area contributed by atoms with Crippen LogP contribution >= 0.6 is 0 Å². The molecule has 0 fully saturated rings. The Hall–Kier alpha value is -1.66. The molecular formula is C15H26N2O4. The van der Waals surface area contributed by atoms with Gasteiger partial charge in [-0.25, -0.2) is 9.59 Å². The van der Waals surface area contributed by atoms with Crippen molar-refractivity contribution in [3.8, 4) is 0 Å². The Morgan fingerprint density at radius 1 is 1.43 bits per heavy atom. The Kier molecular flexibility index (Phi) is 8.57. The quantitative estimate of drug-likeness (QED) is 0.464. The maximum Gasteiger partial charge on any atom is 0.331 e. The van der Waals surface area contributed by atoms with Crippen LogP contribution in [0.3, 0.4) is 0 Å². The minimum atomic E-state index is -1.10. The van der Waals surface area contributed by atoms with Crippen LogP contribution in [-0.4, -0.2) is 54.7 Å². The molecule has 0 aliphatic rings. The van der Waals surface area contributed by atoms with Crippen LogP contribution in [0.4, 0.5) is 0 Å². The monoisotopic (exact) mass is 298 g/mol. The number of hydrogen-bond donors (Lipinski definition) is 2. The molecule has 0 aliphatic heterocycles. The van der Waals surface area contributed by atoms with Gasteiger partial charge in [0, 0.05) is 18.2 Å². The van der Waals surface area contributed by atoms with Gasteiger partial charge in [-0.05, 0) is 46.0 Å². The molecular weight excluding hydrogens is 272 g/mol. The average molecular weight is 298 g/mol. The van der Waals surface area contributed by atoms with E-state index in [-0.39, 0.29) is 12.1 Å². The van der Waals surface area contributed by atoms with E-state index in [1.807, 2.05) is 19.0 Å². The minimum Gasteiger partial charge on any atom is -0.478 e. The normalized spacial score (nSPS) is 14.6. The summed E-state index contributed by atoms with van der Waals surface area (Å²) in [5, 5.41) is 9.30. The molecule has 6 nitrogen and oxygen atoms in total. The van der Waals surface area contributed by atoms with Crippen molar-refractivity contribution in [1.82, 2.24) is 4.90 Å². The number of carboxylic acids is 1. The number of carbonyl (C=O) groups is 2. The highest BCUT2D eigenvalue weighted by Crippen LogP contribution is 2.21. The predicted octanol–water partition coefficient (Wildman–Crippen LogP) is 1.18. The number of esters is 1. The summed E-state index contributed by atoms with van der Waals surface area (Å²) >= 11 is 0. The second-order valence-electron chi connectivity index (χ2n) is 5.13. The summed E-state index contributed by atoms with van der Waals surface area (Å²) in [5.74, 6) is -1.63. The molecule has 0 spiro atoms. The van der Waals surface area contributed by atoms with E-state index in [2.05, 4.69) is 6.58 Å². The molecule has 3 N–H and O–H groups in total. The van der Waals surface area contributed by atoms with Gasteiger partial charge in [-0.2, -0.15) is 0 Å². The summed E-state index contributed by atoms with van der Waals surface area (Å²) < 4.78 is 5.26. The van der Waals surface area contributed by atoms with E-state index in [1.165, 1.54) is 6.08 Å². The van der Waals surface area contributed by atoms with Gasteiger partial charge >= 0.3 is 11.9 Å². The summed E-state index contributed by atoms with van der Waals surface area (Å²) in [6, 6.07) is 0. The summed E-state index contributed by atoms with van der Waals surface area (Å²) in [4.78, 5) is 24.8. The first-order valence-electron chi connectivity index (χ1n) is 6.95. The number of rotatable bonds is 10. The van der Waals surface area contributed by atoms with Crippen LogP contribution in [0.2, 0.25) is 0 Å².